The van der Waals surface area contributed by atoms with E-state index in [9.17, 15) is 20.4 Å². The first-order chi connectivity index (χ1) is 11.1. The Morgan fingerprint density at radius 1 is 1.00 bits per heavy atom. The maximum atomic E-state index is 10.1. The van der Waals surface area contributed by atoms with Crippen molar-refractivity contribution in [3.63, 3.8) is 0 Å². The van der Waals surface area contributed by atoms with Crippen molar-refractivity contribution in [3.8, 4) is 0 Å². The third-order valence-electron chi connectivity index (χ3n) is 4.93. The van der Waals surface area contributed by atoms with Gasteiger partial charge in [-0.15, -0.1) is 0 Å². The van der Waals surface area contributed by atoms with Gasteiger partial charge in [0.2, 0.25) is 0 Å². The van der Waals surface area contributed by atoms with Gasteiger partial charge in [0, 0.05) is 6.04 Å². The summed E-state index contributed by atoms with van der Waals surface area (Å²) in [5.41, 5.74) is 0. The molecular weight excluding hydrogens is 294 g/mol. The van der Waals surface area contributed by atoms with Crippen molar-refractivity contribution in [2.45, 2.75) is 108 Å². The van der Waals surface area contributed by atoms with E-state index in [1.165, 1.54) is 44.9 Å². The van der Waals surface area contributed by atoms with E-state index in [1.807, 2.05) is 0 Å². The summed E-state index contributed by atoms with van der Waals surface area (Å²) in [5, 5.41) is 42.0. The van der Waals surface area contributed by atoms with Gasteiger partial charge in [-0.2, -0.15) is 0 Å². The zero-order chi connectivity index (χ0) is 17.1. The zero-order valence-electron chi connectivity index (χ0n) is 14.7. The molecule has 1 rings (SSSR count). The minimum absolute atomic E-state index is 0.0467. The SMILES string of the molecule is CCCCCCCCCCC(O)C[C@@H]1C[C@@H](O)[C@H](O)[C@H](CO)N1. The summed E-state index contributed by atoms with van der Waals surface area (Å²) in [4.78, 5) is 0. The fraction of sp³-hybridized carbons (Fsp3) is 1.00. The molecule has 5 N–H and O–H groups in total. The Hall–Kier alpha value is -0.200. The smallest absolute Gasteiger partial charge is 0.0974 e. The van der Waals surface area contributed by atoms with Crippen LogP contribution in [-0.4, -0.2) is 57.4 Å². The summed E-state index contributed by atoms with van der Waals surface area (Å²) in [5.74, 6) is 0. The molecular formula is C18H37NO4. The second-order valence-corrected chi connectivity index (χ2v) is 7.10. The highest BCUT2D eigenvalue weighted by Gasteiger charge is 2.35. The van der Waals surface area contributed by atoms with E-state index < -0.39 is 18.2 Å². The van der Waals surface area contributed by atoms with Gasteiger partial charge < -0.3 is 25.7 Å². The molecule has 1 saturated heterocycles. The van der Waals surface area contributed by atoms with Gasteiger partial charge in [-0.25, -0.2) is 0 Å². The molecule has 0 aromatic carbocycles. The molecule has 5 atom stereocenters. The summed E-state index contributed by atoms with van der Waals surface area (Å²) < 4.78 is 0. The van der Waals surface area contributed by atoms with E-state index in [0.717, 1.165) is 12.8 Å². The molecule has 138 valence electrons. The van der Waals surface area contributed by atoms with Gasteiger partial charge in [0.15, 0.2) is 0 Å². The predicted octanol–water partition coefficient (Wildman–Crippen LogP) is 1.71. The molecule has 23 heavy (non-hydrogen) atoms. The summed E-state index contributed by atoms with van der Waals surface area (Å²) in [6.07, 6.45) is 9.67. The Morgan fingerprint density at radius 3 is 2.22 bits per heavy atom. The predicted molar refractivity (Wildman–Crippen MR) is 92.3 cm³/mol. The number of unbranched alkanes of at least 4 members (excludes halogenated alkanes) is 7. The van der Waals surface area contributed by atoms with Crippen molar-refractivity contribution < 1.29 is 20.4 Å². The van der Waals surface area contributed by atoms with Crippen molar-refractivity contribution in [1.29, 1.82) is 0 Å². The average Bonchev–Trinajstić information content (AvgIpc) is 2.53. The minimum atomic E-state index is -0.930. The lowest BCUT2D eigenvalue weighted by molar-refractivity contribution is -0.0559. The van der Waals surface area contributed by atoms with Gasteiger partial charge in [-0.3, -0.25) is 0 Å². The fourth-order valence-corrected chi connectivity index (χ4v) is 3.45. The topological polar surface area (TPSA) is 93.0 Å². The maximum Gasteiger partial charge on any atom is 0.0974 e. The molecule has 5 nitrogen and oxygen atoms in total. The van der Waals surface area contributed by atoms with Crippen molar-refractivity contribution in [3.05, 3.63) is 0 Å². The van der Waals surface area contributed by atoms with Crippen LogP contribution in [0.25, 0.3) is 0 Å². The third-order valence-corrected chi connectivity index (χ3v) is 4.93. The molecule has 0 aromatic rings. The van der Waals surface area contributed by atoms with Crippen molar-refractivity contribution in [1.82, 2.24) is 5.32 Å². The van der Waals surface area contributed by atoms with Gasteiger partial charge in [0.25, 0.3) is 0 Å². The molecule has 1 fully saturated rings. The third kappa shape index (κ3) is 8.45. The number of piperidine rings is 1. The lowest BCUT2D eigenvalue weighted by Gasteiger charge is -2.38. The van der Waals surface area contributed by atoms with Crippen LogP contribution in [-0.2, 0) is 0 Å². The minimum Gasteiger partial charge on any atom is -0.395 e. The van der Waals surface area contributed by atoms with Crippen LogP contribution in [0.2, 0.25) is 0 Å². The van der Waals surface area contributed by atoms with Gasteiger partial charge in [0.05, 0.1) is 31.0 Å². The fourth-order valence-electron chi connectivity index (χ4n) is 3.45. The summed E-state index contributed by atoms with van der Waals surface area (Å²) in [6.45, 7) is 2.02. The van der Waals surface area contributed by atoms with E-state index in [2.05, 4.69) is 12.2 Å². The first kappa shape index (κ1) is 20.8. The molecule has 0 spiro atoms. The Balaban J connectivity index is 2.08. The maximum absolute atomic E-state index is 10.1. The molecule has 0 bridgehead atoms. The zero-order valence-corrected chi connectivity index (χ0v) is 14.7. The van der Waals surface area contributed by atoms with Gasteiger partial charge >= 0.3 is 0 Å². The Kier molecular flexibility index (Phi) is 11.1. The number of nitrogens with one attached hydrogen (secondary N) is 1. The lowest BCUT2D eigenvalue weighted by Crippen LogP contribution is -2.59. The normalized spacial score (nSPS) is 29.6. The Labute approximate surface area is 141 Å². The molecule has 1 heterocycles. The van der Waals surface area contributed by atoms with Crippen LogP contribution in [0.3, 0.4) is 0 Å². The van der Waals surface area contributed by atoms with Crippen molar-refractivity contribution >= 4 is 0 Å². The van der Waals surface area contributed by atoms with Crippen LogP contribution in [0.4, 0.5) is 0 Å². The first-order valence-electron chi connectivity index (χ1n) is 9.49. The molecule has 1 aliphatic rings. The highest BCUT2D eigenvalue weighted by atomic mass is 16.3. The summed E-state index contributed by atoms with van der Waals surface area (Å²) >= 11 is 0. The number of aliphatic hydroxyl groups excluding tert-OH is 4. The van der Waals surface area contributed by atoms with Crippen molar-refractivity contribution in [2.24, 2.45) is 0 Å². The number of hydrogen-bond donors (Lipinski definition) is 5. The van der Waals surface area contributed by atoms with Gasteiger partial charge in [0.1, 0.15) is 0 Å². The molecule has 0 radical (unpaired) electrons. The molecule has 1 unspecified atom stereocenters. The highest BCUT2D eigenvalue weighted by molar-refractivity contribution is 4.92. The second kappa shape index (κ2) is 12.2. The molecule has 0 aliphatic carbocycles. The number of rotatable bonds is 12. The largest absolute Gasteiger partial charge is 0.395 e. The molecule has 0 amide bonds. The van der Waals surface area contributed by atoms with Crippen LogP contribution in [0.5, 0.6) is 0 Å². The van der Waals surface area contributed by atoms with Crippen LogP contribution < -0.4 is 5.32 Å². The molecule has 5 heteroatoms. The number of hydrogen-bond acceptors (Lipinski definition) is 5. The molecule has 0 aromatic heterocycles. The van der Waals surface area contributed by atoms with Crippen LogP contribution in [0, 0.1) is 0 Å². The van der Waals surface area contributed by atoms with Crippen LogP contribution in [0.15, 0.2) is 0 Å². The summed E-state index contributed by atoms with van der Waals surface area (Å²) in [6, 6.07) is -0.548. The Morgan fingerprint density at radius 2 is 1.61 bits per heavy atom. The van der Waals surface area contributed by atoms with Gasteiger partial charge in [-0.05, 0) is 19.3 Å². The quantitative estimate of drug-likeness (QED) is 0.351. The van der Waals surface area contributed by atoms with E-state index >= 15 is 0 Å². The highest BCUT2D eigenvalue weighted by Crippen LogP contribution is 2.20. The molecule has 1 aliphatic heterocycles. The Bertz CT molecular complexity index is 290. The van der Waals surface area contributed by atoms with E-state index in [-0.39, 0.29) is 18.8 Å². The van der Waals surface area contributed by atoms with E-state index in [1.54, 1.807) is 0 Å². The summed E-state index contributed by atoms with van der Waals surface area (Å²) in [7, 11) is 0. The lowest BCUT2D eigenvalue weighted by atomic mass is 9.89. The monoisotopic (exact) mass is 331 g/mol. The van der Waals surface area contributed by atoms with Crippen LogP contribution in [0.1, 0.15) is 77.6 Å². The average molecular weight is 331 g/mol. The standard InChI is InChI=1S/C18H37NO4/c1-2-3-4-5-6-7-8-9-10-15(21)11-14-12-17(22)18(23)16(13-20)19-14/h14-23H,2-13H2,1H3/t14-,15?,16+,17-,18-/m1/s1. The number of aliphatic hydroxyl groups is 4. The van der Waals surface area contributed by atoms with E-state index in [4.69, 9.17) is 0 Å². The second-order valence-electron chi connectivity index (χ2n) is 7.10. The van der Waals surface area contributed by atoms with Crippen molar-refractivity contribution in [2.75, 3.05) is 6.61 Å². The molecule has 0 saturated carbocycles. The van der Waals surface area contributed by atoms with Crippen LogP contribution >= 0.6 is 0 Å². The first-order valence-corrected chi connectivity index (χ1v) is 9.49. The van der Waals surface area contributed by atoms with E-state index in [0.29, 0.717) is 12.8 Å². The van der Waals surface area contributed by atoms with Gasteiger partial charge in [-0.1, -0.05) is 58.3 Å².